The van der Waals surface area contributed by atoms with Gasteiger partial charge in [-0.25, -0.2) is 0 Å². The summed E-state index contributed by atoms with van der Waals surface area (Å²) in [7, 11) is 0. The molecule has 0 bridgehead atoms. The predicted molar refractivity (Wildman–Crippen MR) is 59.6 cm³/mol. The smallest absolute Gasteiger partial charge is 0.137 e. The summed E-state index contributed by atoms with van der Waals surface area (Å²) in [5, 5.41) is 8.09. The number of hydrogen-bond acceptors (Lipinski definition) is 2. The zero-order valence-electron chi connectivity index (χ0n) is 8.93. The Morgan fingerprint density at radius 2 is 2.00 bits per heavy atom. The van der Waals surface area contributed by atoms with Gasteiger partial charge in [-0.2, -0.15) is 0 Å². The van der Waals surface area contributed by atoms with Crippen molar-refractivity contribution in [1.29, 1.82) is 0 Å². The Hall–Kier alpha value is -1.64. The van der Waals surface area contributed by atoms with E-state index in [0.717, 1.165) is 25.2 Å². The first-order valence-electron chi connectivity index (χ1n) is 5.30. The van der Waals surface area contributed by atoms with Gasteiger partial charge in [0.1, 0.15) is 12.2 Å². The van der Waals surface area contributed by atoms with Gasteiger partial charge in [-0.1, -0.05) is 37.3 Å². The van der Waals surface area contributed by atoms with Crippen molar-refractivity contribution in [3.8, 4) is 0 Å². The number of aromatic nitrogens is 3. The van der Waals surface area contributed by atoms with E-state index >= 15 is 0 Å². The fourth-order valence-corrected chi connectivity index (χ4v) is 1.62. The molecule has 2 aromatic rings. The lowest BCUT2D eigenvalue weighted by Gasteiger charge is -2.04. The van der Waals surface area contributed by atoms with Crippen molar-refractivity contribution in [2.45, 2.75) is 26.3 Å². The second-order valence-corrected chi connectivity index (χ2v) is 3.60. The van der Waals surface area contributed by atoms with Crippen LogP contribution in [0.4, 0.5) is 0 Å². The maximum Gasteiger partial charge on any atom is 0.137 e. The SMILES string of the molecule is CCCn1cnnc1Cc1ccccc1. The average Bonchev–Trinajstić information content (AvgIpc) is 2.68. The molecule has 2 rings (SSSR count). The van der Waals surface area contributed by atoms with Crippen LogP contribution in [0.15, 0.2) is 36.7 Å². The van der Waals surface area contributed by atoms with E-state index in [1.807, 2.05) is 12.4 Å². The van der Waals surface area contributed by atoms with Gasteiger partial charge in [0.05, 0.1) is 0 Å². The van der Waals surface area contributed by atoms with E-state index in [0.29, 0.717) is 0 Å². The molecule has 3 heteroatoms. The normalized spacial score (nSPS) is 10.5. The van der Waals surface area contributed by atoms with Gasteiger partial charge in [-0.15, -0.1) is 10.2 Å². The lowest BCUT2D eigenvalue weighted by molar-refractivity contribution is 0.646. The van der Waals surface area contributed by atoms with Crippen LogP contribution in [0.2, 0.25) is 0 Å². The van der Waals surface area contributed by atoms with E-state index in [-0.39, 0.29) is 0 Å². The van der Waals surface area contributed by atoms with Crippen molar-refractivity contribution in [2.75, 3.05) is 0 Å². The van der Waals surface area contributed by atoms with Gasteiger partial charge in [-0.3, -0.25) is 0 Å². The second kappa shape index (κ2) is 4.73. The average molecular weight is 201 g/mol. The van der Waals surface area contributed by atoms with E-state index in [9.17, 15) is 0 Å². The molecule has 1 aromatic heterocycles. The van der Waals surface area contributed by atoms with Crippen LogP contribution in [-0.4, -0.2) is 14.8 Å². The maximum atomic E-state index is 4.14. The molecule has 0 aliphatic carbocycles. The summed E-state index contributed by atoms with van der Waals surface area (Å²) in [6, 6.07) is 10.4. The van der Waals surface area contributed by atoms with E-state index in [1.165, 1.54) is 5.56 Å². The molecular formula is C12H15N3. The number of nitrogens with zero attached hydrogens (tertiary/aromatic N) is 3. The molecule has 0 radical (unpaired) electrons. The summed E-state index contributed by atoms with van der Waals surface area (Å²) in [6.45, 7) is 3.15. The van der Waals surface area contributed by atoms with Crippen LogP contribution >= 0.6 is 0 Å². The molecule has 15 heavy (non-hydrogen) atoms. The van der Waals surface area contributed by atoms with Crippen molar-refractivity contribution < 1.29 is 0 Å². The van der Waals surface area contributed by atoms with Gasteiger partial charge in [0, 0.05) is 13.0 Å². The molecule has 0 atom stereocenters. The standard InChI is InChI=1S/C12H15N3/c1-2-8-15-10-13-14-12(15)9-11-6-4-3-5-7-11/h3-7,10H,2,8-9H2,1H3. The highest BCUT2D eigenvalue weighted by molar-refractivity contribution is 5.18. The van der Waals surface area contributed by atoms with Crippen LogP contribution < -0.4 is 0 Å². The van der Waals surface area contributed by atoms with Gasteiger partial charge >= 0.3 is 0 Å². The highest BCUT2D eigenvalue weighted by atomic mass is 15.3. The van der Waals surface area contributed by atoms with Crippen LogP contribution in [0.3, 0.4) is 0 Å². The minimum Gasteiger partial charge on any atom is -0.317 e. The van der Waals surface area contributed by atoms with Crippen molar-refractivity contribution in [1.82, 2.24) is 14.8 Å². The van der Waals surface area contributed by atoms with Crippen molar-refractivity contribution in [2.24, 2.45) is 0 Å². The van der Waals surface area contributed by atoms with Gasteiger partial charge in [-0.05, 0) is 12.0 Å². The van der Waals surface area contributed by atoms with Gasteiger partial charge in [0.2, 0.25) is 0 Å². The summed E-state index contributed by atoms with van der Waals surface area (Å²) in [6.07, 6.45) is 3.78. The van der Waals surface area contributed by atoms with E-state index < -0.39 is 0 Å². The number of benzene rings is 1. The molecule has 1 heterocycles. The molecule has 1 aromatic carbocycles. The predicted octanol–water partition coefficient (Wildman–Crippen LogP) is 2.28. The number of rotatable bonds is 4. The molecule has 0 amide bonds. The van der Waals surface area contributed by atoms with E-state index in [1.54, 1.807) is 0 Å². The molecule has 3 nitrogen and oxygen atoms in total. The van der Waals surface area contributed by atoms with Crippen LogP contribution in [0.1, 0.15) is 24.7 Å². The number of aryl methyl sites for hydroxylation is 1. The zero-order chi connectivity index (χ0) is 10.5. The largest absolute Gasteiger partial charge is 0.317 e. The van der Waals surface area contributed by atoms with Gasteiger partial charge < -0.3 is 4.57 Å². The fourth-order valence-electron chi connectivity index (χ4n) is 1.62. The molecule has 0 unspecified atom stereocenters. The van der Waals surface area contributed by atoms with Crippen LogP contribution in [0, 0.1) is 0 Å². The first-order chi connectivity index (χ1) is 7.40. The molecule has 0 aliphatic heterocycles. The molecule has 0 saturated carbocycles. The molecule has 0 fully saturated rings. The van der Waals surface area contributed by atoms with Crippen LogP contribution in [-0.2, 0) is 13.0 Å². The molecule has 0 spiro atoms. The molecule has 0 aliphatic rings. The van der Waals surface area contributed by atoms with Crippen LogP contribution in [0.25, 0.3) is 0 Å². The highest BCUT2D eigenvalue weighted by Crippen LogP contribution is 2.06. The Morgan fingerprint density at radius 3 is 2.73 bits per heavy atom. The Balaban J connectivity index is 2.14. The zero-order valence-corrected chi connectivity index (χ0v) is 8.93. The monoisotopic (exact) mass is 201 g/mol. The molecule has 0 saturated heterocycles. The summed E-state index contributed by atoms with van der Waals surface area (Å²) in [5.74, 6) is 1.04. The lowest BCUT2D eigenvalue weighted by atomic mass is 10.1. The summed E-state index contributed by atoms with van der Waals surface area (Å²) in [4.78, 5) is 0. The Morgan fingerprint density at radius 1 is 1.20 bits per heavy atom. The topological polar surface area (TPSA) is 30.7 Å². The Bertz CT molecular complexity index is 406. The third-order valence-electron chi connectivity index (χ3n) is 2.37. The summed E-state index contributed by atoms with van der Waals surface area (Å²) < 4.78 is 2.12. The van der Waals surface area contributed by atoms with Crippen molar-refractivity contribution in [3.63, 3.8) is 0 Å². The minimum absolute atomic E-state index is 0.862. The summed E-state index contributed by atoms with van der Waals surface area (Å²) in [5.41, 5.74) is 1.28. The molecule has 0 N–H and O–H groups in total. The lowest BCUT2D eigenvalue weighted by Crippen LogP contribution is -2.03. The molecule has 78 valence electrons. The van der Waals surface area contributed by atoms with Crippen molar-refractivity contribution >= 4 is 0 Å². The Kier molecular flexibility index (Phi) is 3.12. The van der Waals surface area contributed by atoms with E-state index in [2.05, 4.69) is 46.0 Å². The van der Waals surface area contributed by atoms with Crippen LogP contribution in [0.5, 0.6) is 0 Å². The third kappa shape index (κ3) is 2.43. The number of hydrogen-bond donors (Lipinski definition) is 0. The van der Waals surface area contributed by atoms with E-state index in [4.69, 9.17) is 0 Å². The molecular weight excluding hydrogens is 186 g/mol. The Labute approximate surface area is 89.8 Å². The second-order valence-electron chi connectivity index (χ2n) is 3.60. The summed E-state index contributed by atoms with van der Waals surface area (Å²) >= 11 is 0. The van der Waals surface area contributed by atoms with Gasteiger partial charge in [0.25, 0.3) is 0 Å². The quantitative estimate of drug-likeness (QED) is 0.759. The first-order valence-corrected chi connectivity index (χ1v) is 5.30. The minimum atomic E-state index is 0.862. The maximum absolute atomic E-state index is 4.14. The van der Waals surface area contributed by atoms with Crippen molar-refractivity contribution in [3.05, 3.63) is 48.0 Å². The fraction of sp³-hybridized carbons (Fsp3) is 0.333. The van der Waals surface area contributed by atoms with Gasteiger partial charge in [0.15, 0.2) is 0 Å². The third-order valence-corrected chi connectivity index (χ3v) is 2.37. The first kappa shape index (κ1) is 9.90. The highest BCUT2D eigenvalue weighted by Gasteiger charge is 2.03.